The lowest BCUT2D eigenvalue weighted by Crippen LogP contribution is -2.91. The first-order valence-corrected chi connectivity index (χ1v) is 10.5. The highest BCUT2D eigenvalue weighted by Crippen LogP contribution is 2.37. The lowest BCUT2D eigenvalue weighted by molar-refractivity contribution is -0.674. The van der Waals surface area contributed by atoms with E-state index in [1.807, 2.05) is 0 Å². The summed E-state index contributed by atoms with van der Waals surface area (Å²) in [4.78, 5) is 39.9. The summed E-state index contributed by atoms with van der Waals surface area (Å²) >= 11 is 0. The number of ether oxygens (including phenoxy) is 1. The Labute approximate surface area is 192 Å². The number of nitrogens with two attached hydrogens (primary N) is 2. The molecule has 178 valence electrons. The molecule has 1 spiro atoms. The number of hydrogen-bond acceptors (Lipinski definition) is 10. The Bertz CT molecular complexity index is 1160. The van der Waals surface area contributed by atoms with E-state index in [0.29, 0.717) is 11.4 Å². The Morgan fingerprint density at radius 2 is 1.91 bits per heavy atom. The monoisotopic (exact) mass is 472 g/mol. The van der Waals surface area contributed by atoms with Crippen molar-refractivity contribution in [3.8, 4) is 0 Å². The van der Waals surface area contributed by atoms with Crippen LogP contribution < -0.4 is 37.3 Å². The standard InChI is InChI=1S/C20H22N8O6/c21-16-25-15-12(24-17(22)27-8-7-19(32,33)20(15,27)26-16)9-34-18(31)23-10-1-3-11(4-2-10)28-13(29)5-6-14(28)30/h1-6,12,15,32-33H,7-9H2,(H6,21,22,23,24,25,26,31)/p+2. The summed E-state index contributed by atoms with van der Waals surface area (Å²) in [6.45, 7) is 0.102. The molecule has 5 rings (SSSR count). The normalized spacial score (nSPS) is 28.8. The van der Waals surface area contributed by atoms with Crippen molar-refractivity contribution in [1.29, 1.82) is 0 Å². The van der Waals surface area contributed by atoms with Gasteiger partial charge in [0.05, 0.1) is 12.2 Å². The second-order valence-corrected chi connectivity index (χ2v) is 8.40. The third-order valence-corrected chi connectivity index (χ3v) is 6.41. The third kappa shape index (κ3) is 3.14. The molecule has 3 amide bonds. The van der Waals surface area contributed by atoms with E-state index < -0.39 is 41.4 Å². The maximum atomic E-state index is 12.4. The molecule has 1 aromatic rings. The minimum atomic E-state index is -2.14. The number of guanidine groups is 2. The summed E-state index contributed by atoms with van der Waals surface area (Å²) in [6.07, 6.45) is 1.63. The van der Waals surface area contributed by atoms with Gasteiger partial charge in [-0.1, -0.05) is 0 Å². The van der Waals surface area contributed by atoms with Gasteiger partial charge in [-0.2, -0.15) is 0 Å². The molecule has 4 heterocycles. The lowest BCUT2D eigenvalue weighted by Gasteiger charge is -2.40. The minimum absolute atomic E-state index is 0.0303. The van der Waals surface area contributed by atoms with Crippen molar-refractivity contribution < 1.29 is 38.9 Å². The summed E-state index contributed by atoms with van der Waals surface area (Å²) in [5.74, 6) is -2.70. The van der Waals surface area contributed by atoms with Gasteiger partial charge in [-0.05, 0) is 24.3 Å². The van der Waals surface area contributed by atoms with Crippen LogP contribution in [0, 0.1) is 0 Å². The van der Waals surface area contributed by atoms with Crippen LogP contribution in [0.5, 0.6) is 0 Å². The molecule has 14 nitrogen and oxygen atoms in total. The van der Waals surface area contributed by atoms with Crippen molar-refractivity contribution in [2.75, 3.05) is 23.4 Å². The zero-order chi connectivity index (χ0) is 24.3. The molecule has 4 aliphatic heterocycles. The van der Waals surface area contributed by atoms with Crippen LogP contribution in [0.4, 0.5) is 16.2 Å². The van der Waals surface area contributed by atoms with Gasteiger partial charge in [0.15, 0.2) is 6.04 Å². The molecule has 0 aromatic heterocycles. The molecule has 14 heteroatoms. The number of carbonyl (C=O) groups excluding carboxylic acids is 3. The molecular weight excluding hydrogens is 448 g/mol. The largest absolute Gasteiger partial charge is 0.445 e. The lowest BCUT2D eigenvalue weighted by atomic mass is 9.87. The summed E-state index contributed by atoms with van der Waals surface area (Å²) in [5, 5.41) is 29.9. The van der Waals surface area contributed by atoms with E-state index >= 15 is 0 Å². The van der Waals surface area contributed by atoms with Gasteiger partial charge in [0.2, 0.25) is 5.79 Å². The van der Waals surface area contributed by atoms with E-state index in [0.717, 1.165) is 4.90 Å². The fourth-order valence-corrected chi connectivity index (χ4v) is 4.89. The van der Waals surface area contributed by atoms with Gasteiger partial charge in [0.1, 0.15) is 12.6 Å². The number of imide groups is 1. The molecule has 1 aromatic carbocycles. The summed E-state index contributed by atoms with van der Waals surface area (Å²) < 4.78 is 6.94. The fraction of sp³-hybridized carbons (Fsp3) is 0.350. The highest BCUT2D eigenvalue weighted by molar-refractivity contribution is 6.28. The first-order chi connectivity index (χ1) is 16.1. The summed E-state index contributed by atoms with van der Waals surface area (Å²) in [5.41, 5.74) is 11.4. The topological polar surface area (TPSA) is 209 Å². The van der Waals surface area contributed by atoms with Crippen LogP contribution in [0.1, 0.15) is 6.42 Å². The van der Waals surface area contributed by atoms with E-state index in [4.69, 9.17) is 16.2 Å². The van der Waals surface area contributed by atoms with Crippen molar-refractivity contribution in [2.24, 2.45) is 11.5 Å². The first kappa shape index (κ1) is 21.7. The van der Waals surface area contributed by atoms with Crippen LogP contribution in [-0.2, 0) is 14.3 Å². The number of nitrogens with zero attached hydrogens (tertiary/aromatic N) is 2. The molecule has 3 unspecified atom stereocenters. The number of anilines is 2. The van der Waals surface area contributed by atoms with Crippen molar-refractivity contribution in [1.82, 2.24) is 10.6 Å². The molecule has 0 bridgehead atoms. The van der Waals surface area contributed by atoms with Crippen LogP contribution in [-0.4, -0.2) is 81.3 Å². The third-order valence-electron chi connectivity index (χ3n) is 6.41. The highest BCUT2D eigenvalue weighted by atomic mass is 16.5. The van der Waals surface area contributed by atoms with Crippen molar-refractivity contribution in [3.63, 3.8) is 0 Å². The number of nitrogens with one attached hydrogen (secondary N) is 4. The van der Waals surface area contributed by atoms with Gasteiger partial charge in [-0.3, -0.25) is 36.7 Å². The average Bonchev–Trinajstić information content (AvgIpc) is 3.40. The number of rotatable bonds is 4. The zero-order valence-corrected chi connectivity index (χ0v) is 17.8. The Kier molecular flexibility index (Phi) is 4.73. The van der Waals surface area contributed by atoms with Crippen LogP contribution in [0.15, 0.2) is 36.4 Å². The number of carbonyl (C=O) groups is 3. The summed E-state index contributed by atoms with van der Waals surface area (Å²) in [7, 11) is 0. The average molecular weight is 472 g/mol. The van der Waals surface area contributed by atoms with Crippen LogP contribution >= 0.6 is 0 Å². The second kappa shape index (κ2) is 7.43. The predicted molar refractivity (Wildman–Crippen MR) is 116 cm³/mol. The smallest absolute Gasteiger partial charge is 0.411 e. The molecule has 1 saturated heterocycles. The van der Waals surface area contributed by atoms with Crippen LogP contribution in [0.2, 0.25) is 0 Å². The van der Waals surface area contributed by atoms with Crippen LogP contribution in [0.25, 0.3) is 0 Å². The number of amides is 3. The second-order valence-electron chi connectivity index (χ2n) is 8.40. The molecule has 34 heavy (non-hydrogen) atoms. The van der Waals surface area contributed by atoms with Crippen molar-refractivity contribution in [2.45, 2.75) is 30.0 Å². The van der Waals surface area contributed by atoms with Gasteiger partial charge in [0, 0.05) is 24.3 Å². The fourth-order valence-electron chi connectivity index (χ4n) is 4.89. The maximum absolute atomic E-state index is 12.4. The minimum Gasteiger partial charge on any atom is -0.445 e. The Morgan fingerprint density at radius 1 is 1.24 bits per heavy atom. The number of benzene rings is 1. The van der Waals surface area contributed by atoms with Gasteiger partial charge in [0.25, 0.3) is 17.5 Å². The Hall–Kier alpha value is -4.17. The molecule has 0 saturated carbocycles. The number of aliphatic hydroxyl groups is 2. The van der Waals surface area contributed by atoms with Crippen molar-refractivity contribution in [3.05, 3.63) is 36.4 Å². The molecule has 0 aliphatic carbocycles. The van der Waals surface area contributed by atoms with E-state index in [9.17, 15) is 24.6 Å². The van der Waals surface area contributed by atoms with Gasteiger partial charge >= 0.3 is 18.0 Å². The predicted octanol–water partition coefficient (Wildman–Crippen LogP) is -4.89. The quantitative estimate of drug-likeness (QED) is 0.119. The molecule has 4 aliphatic rings. The van der Waals surface area contributed by atoms with E-state index in [1.54, 1.807) is 4.58 Å². The SMILES string of the molecule is NC1=[NH+]C2C(COC(=O)Nc3ccc(N4C(=O)C=CC4=O)cc3)NC(N)=[N+]3CCC(O)(O)C23N1. The van der Waals surface area contributed by atoms with Gasteiger partial charge < -0.3 is 14.9 Å². The van der Waals surface area contributed by atoms with E-state index in [-0.39, 0.29) is 31.5 Å². The summed E-state index contributed by atoms with van der Waals surface area (Å²) in [6, 6.07) is 4.75. The van der Waals surface area contributed by atoms with E-state index in [1.165, 1.54) is 36.4 Å². The van der Waals surface area contributed by atoms with Gasteiger partial charge in [-0.15, -0.1) is 0 Å². The molecule has 0 radical (unpaired) electrons. The van der Waals surface area contributed by atoms with Crippen LogP contribution in [0.3, 0.4) is 0 Å². The van der Waals surface area contributed by atoms with Gasteiger partial charge in [-0.25, -0.2) is 19.6 Å². The Morgan fingerprint density at radius 3 is 2.59 bits per heavy atom. The maximum Gasteiger partial charge on any atom is 0.411 e. The van der Waals surface area contributed by atoms with E-state index in [2.05, 4.69) is 20.9 Å². The zero-order valence-electron chi connectivity index (χ0n) is 17.8. The first-order valence-electron chi connectivity index (χ1n) is 10.5. The highest BCUT2D eigenvalue weighted by Gasteiger charge is 2.74. The molecule has 3 atom stereocenters. The molecule has 10 N–H and O–H groups in total. The van der Waals surface area contributed by atoms with Crippen molar-refractivity contribution >= 4 is 41.2 Å². The molecule has 1 fully saturated rings. The molecular formula is C20H24N8O6+2. The Balaban J connectivity index is 1.25. The number of hydrogen-bond donors (Lipinski definition) is 8.